The SMILES string of the molecule is C[C@@]1(O)CO[C@@H](c2ccccc2)O[C@H]1CCCCO. The number of unbranched alkanes of at least 4 members (excludes halogenated alkanes) is 1. The summed E-state index contributed by atoms with van der Waals surface area (Å²) in [6.45, 7) is 2.17. The van der Waals surface area contributed by atoms with Crippen molar-refractivity contribution in [1.82, 2.24) is 0 Å². The zero-order valence-electron chi connectivity index (χ0n) is 11.3. The minimum Gasteiger partial charge on any atom is -0.396 e. The van der Waals surface area contributed by atoms with Gasteiger partial charge in [-0.2, -0.15) is 0 Å². The molecule has 1 aromatic rings. The molecule has 106 valence electrons. The summed E-state index contributed by atoms with van der Waals surface area (Å²) in [5, 5.41) is 19.1. The van der Waals surface area contributed by atoms with Gasteiger partial charge in [-0.25, -0.2) is 0 Å². The highest BCUT2D eigenvalue weighted by atomic mass is 16.7. The second kappa shape index (κ2) is 6.48. The molecular formula is C15H22O4. The third kappa shape index (κ3) is 3.76. The van der Waals surface area contributed by atoms with E-state index in [4.69, 9.17) is 14.6 Å². The lowest BCUT2D eigenvalue weighted by molar-refractivity contribution is -0.290. The molecule has 0 saturated carbocycles. The molecule has 1 aliphatic heterocycles. The largest absolute Gasteiger partial charge is 0.396 e. The van der Waals surface area contributed by atoms with Gasteiger partial charge >= 0.3 is 0 Å². The van der Waals surface area contributed by atoms with Gasteiger partial charge in [0.1, 0.15) is 5.60 Å². The van der Waals surface area contributed by atoms with E-state index in [0.29, 0.717) is 0 Å². The van der Waals surface area contributed by atoms with Crippen molar-refractivity contribution in [2.75, 3.05) is 13.2 Å². The Morgan fingerprint density at radius 1 is 1.26 bits per heavy atom. The Hall–Kier alpha value is -0.940. The van der Waals surface area contributed by atoms with Gasteiger partial charge in [-0.3, -0.25) is 0 Å². The number of ether oxygens (including phenoxy) is 2. The average Bonchev–Trinajstić information content (AvgIpc) is 2.42. The molecule has 0 spiro atoms. The first kappa shape index (κ1) is 14.5. The van der Waals surface area contributed by atoms with Crippen LogP contribution in [0.15, 0.2) is 30.3 Å². The molecule has 1 aliphatic rings. The summed E-state index contributed by atoms with van der Waals surface area (Å²) < 4.78 is 11.5. The Morgan fingerprint density at radius 2 is 2.00 bits per heavy atom. The van der Waals surface area contributed by atoms with Crippen molar-refractivity contribution >= 4 is 0 Å². The fourth-order valence-electron chi connectivity index (χ4n) is 2.28. The van der Waals surface area contributed by atoms with Crippen LogP contribution in [0.1, 0.15) is 38.0 Å². The van der Waals surface area contributed by atoms with E-state index in [9.17, 15) is 5.11 Å². The van der Waals surface area contributed by atoms with Crippen molar-refractivity contribution in [3.63, 3.8) is 0 Å². The lowest BCUT2D eigenvalue weighted by Gasteiger charge is -2.41. The van der Waals surface area contributed by atoms with Crippen LogP contribution < -0.4 is 0 Å². The molecule has 0 bridgehead atoms. The van der Waals surface area contributed by atoms with Gasteiger partial charge < -0.3 is 19.7 Å². The highest BCUT2D eigenvalue weighted by Crippen LogP contribution is 2.33. The van der Waals surface area contributed by atoms with Crippen molar-refractivity contribution in [3.8, 4) is 0 Å². The number of hydrogen-bond acceptors (Lipinski definition) is 4. The Bertz CT molecular complexity index is 377. The van der Waals surface area contributed by atoms with E-state index in [-0.39, 0.29) is 19.3 Å². The maximum Gasteiger partial charge on any atom is 0.184 e. The number of hydrogen-bond donors (Lipinski definition) is 2. The zero-order chi connectivity index (χ0) is 13.7. The Labute approximate surface area is 114 Å². The molecule has 3 atom stereocenters. The zero-order valence-corrected chi connectivity index (χ0v) is 11.3. The first-order chi connectivity index (χ1) is 9.13. The van der Waals surface area contributed by atoms with Gasteiger partial charge in [-0.15, -0.1) is 0 Å². The lowest BCUT2D eigenvalue weighted by atomic mass is 9.94. The van der Waals surface area contributed by atoms with Gasteiger partial charge in [0.15, 0.2) is 6.29 Å². The predicted molar refractivity (Wildman–Crippen MR) is 71.6 cm³/mol. The van der Waals surface area contributed by atoms with Crippen LogP contribution in [0.4, 0.5) is 0 Å². The molecule has 4 heteroatoms. The van der Waals surface area contributed by atoms with Crippen LogP contribution in [0, 0.1) is 0 Å². The summed E-state index contributed by atoms with van der Waals surface area (Å²) >= 11 is 0. The van der Waals surface area contributed by atoms with Crippen LogP contribution in [0.25, 0.3) is 0 Å². The second-order valence-corrected chi connectivity index (χ2v) is 5.25. The summed E-state index contributed by atoms with van der Waals surface area (Å²) in [4.78, 5) is 0. The normalized spacial score (nSPS) is 31.3. The Kier molecular flexibility index (Phi) is 4.93. The van der Waals surface area contributed by atoms with Gasteiger partial charge in [0.05, 0.1) is 12.7 Å². The van der Waals surface area contributed by atoms with Crippen LogP contribution in [-0.2, 0) is 9.47 Å². The topological polar surface area (TPSA) is 58.9 Å². The third-order valence-corrected chi connectivity index (χ3v) is 3.45. The quantitative estimate of drug-likeness (QED) is 0.800. The molecular weight excluding hydrogens is 244 g/mol. The summed E-state index contributed by atoms with van der Waals surface area (Å²) in [6.07, 6.45) is 1.60. The summed E-state index contributed by atoms with van der Waals surface area (Å²) in [5.74, 6) is 0. The second-order valence-electron chi connectivity index (χ2n) is 5.25. The average molecular weight is 266 g/mol. The van der Waals surface area contributed by atoms with Crippen molar-refractivity contribution in [3.05, 3.63) is 35.9 Å². The third-order valence-electron chi connectivity index (χ3n) is 3.45. The molecule has 0 aromatic heterocycles. The first-order valence-electron chi connectivity index (χ1n) is 6.79. The van der Waals surface area contributed by atoms with Crippen LogP contribution >= 0.6 is 0 Å². The number of aliphatic hydroxyl groups is 2. The molecule has 2 rings (SSSR count). The van der Waals surface area contributed by atoms with Gasteiger partial charge in [0, 0.05) is 12.2 Å². The molecule has 2 N–H and O–H groups in total. The van der Waals surface area contributed by atoms with E-state index in [0.717, 1.165) is 24.8 Å². The lowest BCUT2D eigenvalue weighted by Crippen LogP contribution is -2.50. The van der Waals surface area contributed by atoms with E-state index >= 15 is 0 Å². The van der Waals surface area contributed by atoms with Crippen LogP contribution in [-0.4, -0.2) is 35.1 Å². The van der Waals surface area contributed by atoms with Gasteiger partial charge in [-0.05, 0) is 26.2 Å². The van der Waals surface area contributed by atoms with E-state index in [1.54, 1.807) is 6.92 Å². The predicted octanol–water partition coefficient (Wildman–Crippen LogP) is 2.01. The molecule has 1 aromatic carbocycles. The minimum atomic E-state index is -0.971. The van der Waals surface area contributed by atoms with Crippen molar-refractivity contribution in [1.29, 1.82) is 0 Å². The minimum absolute atomic E-state index is 0.174. The summed E-state index contributed by atoms with van der Waals surface area (Å²) in [7, 11) is 0. The number of benzene rings is 1. The Balaban J connectivity index is 1.99. The molecule has 0 aliphatic carbocycles. The van der Waals surface area contributed by atoms with E-state index in [1.165, 1.54) is 0 Å². The molecule has 1 heterocycles. The highest BCUT2D eigenvalue weighted by Gasteiger charge is 2.40. The van der Waals surface area contributed by atoms with Crippen LogP contribution in [0.3, 0.4) is 0 Å². The smallest absolute Gasteiger partial charge is 0.184 e. The molecule has 19 heavy (non-hydrogen) atoms. The Morgan fingerprint density at radius 3 is 2.68 bits per heavy atom. The molecule has 0 unspecified atom stereocenters. The van der Waals surface area contributed by atoms with E-state index in [1.807, 2.05) is 30.3 Å². The number of rotatable bonds is 5. The molecule has 4 nitrogen and oxygen atoms in total. The molecule has 1 saturated heterocycles. The van der Waals surface area contributed by atoms with Crippen LogP contribution in [0.2, 0.25) is 0 Å². The first-order valence-corrected chi connectivity index (χ1v) is 6.79. The van der Waals surface area contributed by atoms with Crippen molar-refractivity contribution in [2.24, 2.45) is 0 Å². The molecule has 0 radical (unpaired) electrons. The number of aliphatic hydroxyl groups excluding tert-OH is 1. The molecule has 0 amide bonds. The van der Waals surface area contributed by atoms with Crippen molar-refractivity contribution < 1.29 is 19.7 Å². The monoisotopic (exact) mass is 266 g/mol. The van der Waals surface area contributed by atoms with Gasteiger partial charge in [0.25, 0.3) is 0 Å². The van der Waals surface area contributed by atoms with Gasteiger partial charge in [-0.1, -0.05) is 30.3 Å². The van der Waals surface area contributed by atoms with Gasteiger partial charge in [0.2, 0.25) is 0 Å². The van der Waals surface area contributed by atoms with E-state index < -0.39 is 11.9 Å². The maximum absolute atomic E-state index is 10.3. The molecule has 1 fully saturated rings. The fourth-order valence-corrected chi connectivity index (χ4v) is 2.28. The van der Waals surface area contributed by atoms with Crippen molar-refractivity contribution in [2.45, 2.75) is 44.2 Å². The highest BCUT2D eigenvalue weighted by molar-refractivity contribution is 5.16. The summed E-state index contributed by atoms with van der Waals surface area (Å²) in [5.41, 5.74) is -0.00838. The van der Waals surface area contributed by atoms with E-state index in [2.05, 4.69) is 0 Å². The van der Waals surface area contributed by atoms with Crippen LogP contribution in [0.5, 0.6) is 0 Å². The maximum atomic E-state index is 10.3. The fraction of sp³-hybridized carbons (Fsp3) is 0.600. The summed E-state index contributed by atoms with van der Waals surface area (Å²) in [6, 6.07) is 9.73. The standard InChI is InChI=1S/C15H22O4/c1-15(17)11-18-14(12-7-3-2-4-8-12)19-13(15)9-5-6-10-16/h2-4,7-8,13-14,16-17H,5-6,9-11H2,1H3/t13-,14+,15+/m0/s1.